The van der Waals surface area contributed by atoms with Crippen LogP contribution in [0.15, 0.2) is 91.0 Å². The fourth-order valence-corrected chi connectivity index (χ4v) is 20.9. The molecule has 2 fully saturated rings. The molecule has 17 N–H and O–H groups in total. The van der Waals surface area contributed by atoms with Crippen molar-refractivity contribution in [1.82, 2.24) is 65.0 Å². The summed E-state index contributed by atoms with van der Waals surface area (Å²) in [6, 6.07) is 26.5. The Labute approximate surface area is 863 Å². The lowest BCUT2D eigenvalue weighted by atomic mass is 9.93. The number of ketones is 5. The summed E-state index contributed by atoms with van der Waals surface area (Å²) in [4.78, 5) is 127. The van der Waals surface area contributed by atoms with E-state index in [0.29, 0.717) is 243 Å². The van der Waals surface area contributed by atoms with Crippen molar-refractivity contribution >= 4 is 317 Å². The molecule has 0 spiro atoms. The van der Waals surface area contributed by atoms with Crippen molar-refractivity contribution in [3.8, 4) is 56.3 Å². The van der Waals surface area contributed by atoms with Gasteiger partial charge in [0.05, 0.1) is 165 Å². The van der Waals surface area contributed by atoms with Gasteiger partial charge in [0.25, 0.3) is 0 Å². The second-order valence-electron chi connectivity index (χ2n) is 32.7. The van der Waals surface area contributed by atoms with Gasteiger partial charge in [0, 0.05) is 115 Å². The van der Waals surface area contributed by atoms with Gasteiger partial charge in [0.15, 0.2) is 28.9 Å². The number of hydrogen-bond acceptors (Lipinski definition) is 34. The van der Waals surface area contributed by atoms with Gasteiger partial charge in [-0.25, -0.2) is 49.8 Å². The third kappa shape index (κ3) is 25.6. The minimum absolute atomic E-state index is 0.0851. The predicted octanol–water partition coefficient (Wildman–Crippen LogP) is 23.7. The molecule has 1 amide bonds. The van der Waals surface area contributed by atoms with Crippen LogP contribution >= 0.6 is 173 Å². The maximum Gasteiger partial charge on any atom is 0.224 e. The third-order valence-corrected chi connectivity index (χ3v) is 31.2. The van der Waals surface area contributed by atoms with Crippen molar-refractivity contribution in [3.05, 3.63) is 166 Å². The number of nitrogens with zero attached hydrogens (tertiary/aromatic N) is 12. The number of rotatable bonds is 28. The van der Waals surface area contributed by atoms with Crippen LogP contribution in [0.2, 0.25) is 50.2 Å². The summed E-state index contributed by atoms with van der Waals surface area (Å²) in [5, 5.41) is 36.2. The predicted molar refractivity (Wildman–Crippen MR) is 575 cm³/mol. The number of amides is 1. The Kier molecular flexibility index (Phi) is 35.5. The highest BCUT2D eigenvalue weighted by Crippen LogP contribution is 2.48. The van der Waals surface area contributed by atoms with E-state index in [-0.39, 0.29) is 47.0 Å². The number of nitrogens with two attached hydrogens (primary N) is 5. The van der Waals surface area contributed by atoms with E-state index in [1.54, 1.807) is 66.7 Å². The number of halogens is 10. The molecule has 2 saturated carbocycles. The van der Waals surface area contributed by atoms with Crippen molar-refractivity contribution < 1.29 is 33.9 Å². The molecular formula is C93H93Cl10N23O7S5. The number of thiophene rings is 5. The standard InChI is InChI=1S/C20H20Cl2N4O2S.C19H21Cl2N5OS.C18H17Cl2N5O2S.C18H19Cl2N5OS.C18H16Cl2N4OS/c1-9(27)18-16(23)15-17(10-2-7-13(21)14(22)8-10)25-20(26-19(15)29-18)24-11-3-5-12(28)6-4-11;1-10(27)17-15(22)14-16(11-5-6-12(20)13(21)9-11)24-19(25-18(14)28-17)23-7-4-8-26(2)3;1-8(26)16-14(21)13-15(10-3-4-11(19)12(20)7-10)24-18(25-17(13)28-16)23-6-5-22-9(2)27;1-9(26)16-14(21)13-15(10-4-5-11(19)12(20)8-10)23-18(24-17(13)27-16)22-6-7-25(2)3;1-8(25)16-14(21)13-15(10-4-5-11(19)12(20)6-10)23-18(24-17(13)26-16)22-7-9-2-3-9/h2,7-8,11-12,28H,3-6,23H2,1H3,(H,24,25,26);5-6,9H,4,7-8,22H2,1-3H3,(H,23,24,25);3-4,7H,5-6,21H2,1-2H3,(H,22,27)(H,23,24,25);4-5,8H,6-7,21H2,1-3H3,(H,22,23,24);4-6,9H,2-3,7,21H2,1H3,(H,22,23,24). The molecule has 2 aliphatic rings. The third-order valence-electron chi connectivity index (χ3n) is 21.5. The topological polar surface area (TPSA) is 460 Å². The maximum absolute atomic E-state index is 12.0. The first-order chi connectivity index (χ1) is 65.6. The van der Waals surface area contributed by atoms with Crippen LogP contribution in [0, 0.1) is 5.92 Å². The number of aliphatic hydroxyl groups excluding tert-OH is 1. The lowest BCUT2D eigenvalue weighted by molar-refractivity contribution is -0.118. The highest BCUT2D eigenvalue weighted by atomic mass is 35.5. The summed E-state index contributed by atoms with van der Waals surface area (Å²) in [6.45, 7) is 13.8. The summed E-state index contributed by atoms with van der Waals surface area (Å²) in [5.41, 5.74) is 40.0. The number of fused-ring (bicyclic) bond motifs is 5. The lowest BCUT2D eigenvalue weighted by Crippen LogP contribution is -2.29. The van der Waals surface area contributed by atoms with E-state index in [1.165, 1.54) is 111 Å². The smallest absolute Gasteiger partial charge is 0.224 e. The Morgan fingerprint density at radius 2 is 0.609 bits per heavy atom. The maximum atomic E-state index is 12.0. The zero-order valence-electron chi connectivity index (χ0n) is 75.8. The van der Waals surface area contributed by atoms with Crippen molar-refractivity contribution in [2.45, 2.75) is 98.6 Å². The Bertz CT molecular complexity index is 7210. The van der Waals surface area contributed by atoms with Crippen LogP contribution in [0.3, 0.4) is 0 Å². The summed E-state index contributed by atoms with van der Waals surface area (Å²) < 4.78 is 0. The van der Waals surface area contributed by atoms with Crippen molar-refractivity contribution in [2.75, 3.05) is 129 Å². The van der Waals surface area contributed by atoms with E-state index < -0.39 is 0 Å². The number of likely N-dealkylation sites (N-methyl/N-ethyl adjacent to an activating group) is 1. The van der Waals surface area contributed by atoms with Crippen molar-refractivity contribution in [1.29, 1.82) is 0 Å². The number of Topliss-reactive ketones (excluding diaryl/α,β-unsaturated/α-hetero) is 5. The molecule has 0 aliphatic heterocycles. The monoisotopic (exact) mass is 2150 g/mol. The average Bonchev–Trinajstić information content (AvgIpc) is 1.63. The first-order valence-electron chi connectivity index (χ1n) is 42.9. The Hall–Kier alpha value is -10.1. The molecule has 15 aromatic rings. The molecule has 0 unspecified atom stereocenters. The molecule has 10 aromatic heterocycles. The summed E-state index contributed by atoms with van der Waals surface area (Å²) >= 11 is 67.5. The molecule has 2 aliphatic carbocycles. The number of hydrogen-bond donors (Lipinski definition) is 12. The Balaban J connectivity index is 0.000000146. The van der Waals surface area contributed by atoms with Gasteiger partial charge in [-0.1, -0.05) is 146 Å². The second-order valence-corrected chi connectivity index (χ2v) is 41.8. The molecule has 0 bridgehead atoms. The largest absolute Gasteiger partial charge is 0.397 e. The zero-order chi connectivity index (χ0) is 99.7. The summed E-state index contributed by atoms with van der Waals surface area (Å²) in [5.74, 6) is 2.36. The fourth-order valence-electron chi connectivity index (χ4n) is 14.4. The minimum atomic E-state index is -0.238. The van der Waals surface area contributed by atoms with Gasteiger partial charge in [-0.05, 0) is 146 Å². The molecule has 10 heterocycles. The van der Waals surface area contributed by atoms with Crippen LogP contribution in [-0.2, 0) is 4.79 Å². The molecule has 45 heteroatoms. The van der Waals surface area contributed by atoms with Crippen molar-refractivity contribution in [3.63, 3.8) is 0 Å². The molecular weight excluding hydrogens is 2070 g/mol. The van der Waals surface area contributed by atoms with Gasteiger partial charge in [-0.2, -0.15) is 0 Å². The quantitative estimate of drug-likeness (QED) is 0.0160. The van der Waals surface area contributed by atoms with Gasteiger partial charge < -0.3 is 75.5 Å². The van der Waals surface area contributed by atoms with E-state index >= 15 is 0 Å². The highest BCUT2D eigenvalue weighted by Gasteiger charge is 2.30. The van der Waals surface area contributed by atoms with E-state index in [1.807, 2.05) is 52.5 Å². The van der Waals surface area contributed by atoms with Gasteiger partial charge in [-0.15, -0.1) is 56.7 Å². The van der Waals surface area contributed by atoms with Crippen LogP contribution in [0.1, 0.15) is 135 Å². The fraction of sp³-hybridized carbons (Fsp3) is 0.290. The second kappa shape index (κ2) is 46.5. The normalized spacial score (nSPS) is 13.4. The molecule has 138 heavy (non-hydrogen) atoms. The van der Waals surface area contributed by atoms with Crippen LogP contribution in [-0.4, -0.2) is 186 Å². The minimum Gasteiger partial charge on any atom is -0.397 e. The van der Waals surface area contributed by atoms with Crippen molar-refractivity contribution in [2.24, 2.45) is 5.92 Å². The van der Waals surface area contributed by atoms with E-state index in [9.17, 15) is 33.9 Å². The lowest BCUT2D eigenvalue weighted by Gasteiger charge is -2.26. The molecule has 0 atom stereocenters. The van der Waals surface area contributed by atoms with Gasteiger partial charge in [-0.3, -0.25) is 28.8 Å². The van der Waals surface area contributed by atoms with Crippen LogP contribution in [0.25, 0.3) is 107 Å². The molecule has 0 radical (unpaired) electrons. The molecule has 722 valence electrons. The number of anilines is 10. The zero-order valence-corrected chi connectivity index (χ0v) is 87.4. The first-order valence-corrected chi connectivity index (χ1v) is 50.7. The summed E-state index contributed by atoms with van der Waals surface area (Å²) in [7, 11) is 8.04. The SMILES string of the molecule is CC(=O)NCCNc1nc(-c2ccc(Cl)c(Cl)c2)c2c(N)c(C(C)=O)sc2n1.CC(=O)c1sc2nc(NC3CCC(O)CC3)nc(-c3ccc(Cl)c(Cl)c3)c2c1N.CC(=O)c1sc2nc(NCC3CC3)nc(-c3ccc(Cl)c(Cl)c3)c2c1N.CC(=O)c1sc2nc(NCCCN(C)C)nc(-c3ccc(Cl)c(Cl)c3)c2c1N.CC(=O)c1sc2nc(NCCN(C)C)nc(-c3ccc(Cl)c(Cl)c3)c2c1N. The van der Waals surface area contributed by atoms with E-state index in [0.717, 1.165) is 80.5 Å². The number of benzene rings is 5. The first kappa shape index (κ1) is 105. The van der Waals surface area contributed by atoms with E-state index in [2.05, 4.69) is 86.6 Å². The number of nitrogens with one attached hydrogen (secondary N) is 6. The van der Waals surface area contributed by atoms with Crippen LogP contribution < -0.4 is 60.6 Å². The van der Waals surface area contributed by atoms with Crippen LogP contribution in [0.4, 0.5) is 58.2 Å². The summed E-state index contributed by atoms with van der Waals surface area (Å²) in [6.07, 6.45) is 6.36. The van der Waals surface area contributed by atoms with Gasteiger partial charge in [0.2, 0.25) is 35.6 Å². The van der Waals surface area contributed by atoms with E-state index in [4.69, 9.17) is 150 Å². The molecule has 17 rings (SSSR count). The number of carbonyl (C=O) groups excluding carboxylic acids is 6. The molecule has 0 saturated heterocycles. The average molecular weight is 2160 g/mol. The van der Waals surface area contributed by atoms with Crippen LogP contribution in [0.5, 0.6) is 0 Å². The Morgan fingerprint density at radius 1 is 0.341 bits per heavy atom. The van der Waals surface area contributed by atoms with Gasteiger partial charge >= 0.3 is 0 Å². The molecule has 30 nitrogen and oxygen atoms in total. The number of carbonyl (C=O) groups is 6. The Morgan fingerprint density at radius 3 is 0.877 bits per heavy atom. The molecule has 5 aromatic carbocycles. The number of aliphatic hydroxyl groups is 1. The van der Waals surface area contributed by atoms with Gasteiger partial charge in [0.1, 0.15) is 24.2 Å². The number of aromatic nitrogens is 10. The number of nitrogen functional groups attached to an aromatic ring is 5. The highest BCUT2D eigenvalue weighted by molar-refractivity contribution is 7.23.